The zero-order valence-corrected chi connectivity index (χ0v) is 9.27. The lowest BCUT2D eigenvalue weighted by Crippen LogP contribution is -2.19. The molecule has 0 saturated carbocycles. The summed E-state index contributed by atoms with van der Waals surface area (Å²) < 4.78 is 75.0. The van der Waals surface area contributed by atoms with Crippen LogP contribution >= 0.6 is 23.2 Å². The van der Waals surface area contributed by atoms with Gasteiger partial charge in [0.25, 0.3) is 0 Å². The predicted molar refractivity (Wildman–Crippen MR) is 49.7 cm³/mol. The van der Waals surface area contributed by atoms with Crippen molar-refractivity contribution in [2.24, 2.45) is 0 Å². The van der Waals surface area contributed by atoms with Crippen LogP contribution in [0.3, 0.4) is 0 Å². The summed E-state index contributed by atoms with van der Waals surface area (Å²) in [7, 11) is 0. The lowest BCUT2D eigenvalue weighted by atomic mass is 10.0. The molecule has 0 amide bonds. The van der Waals surface area contributed by atoms with Crippen molar-refractivity contribution < 1.29 is 26.3 Å². The first-order valence-electron chi connectivity index (χ1n) is 4.02. The summed E-state index contributed by atoms with van der Waals surface area (Å²) in [5, 5.41) is 0. The first-order valence-corrected chi connectivity index (χ1v) is 4.89. The lowest BCUT2D eigenvalue weighted by Gasteiger charge is -2.19. The van der Waals surface area contributed by atoms with Crippen molar-refractivity contribution in [2.75, 3.05) is 0 Å². The Bertz CT molecular complexity index is 407. The summed E-state index contributed by atoms with van der Waals surface area (Å²) in [6, 6.07) is 2.95. The van der Waals surface area contributed by atoms with Gasteiger partial charge >= 0.3 is 12.4 Å². The highest BCUT2D eigenvalue weighted by molar-refractivity contribution is 6.44. The molecule has 95 valence electrons. The zero-order chi connectivity index (χ0) is 13.4. The number of rotatable bonds is 1. The van der Waals surface area contributed by atoms with Gasteiger partial charge in [0.05, 0.1) is 11.1 Å². The highest BCUT2D eigenvalue weighted by Crippen LogP contribution is 2.44. The standard InChI is InChI=1S/C9H3Cl2F6/c10-7(11)4-2-1-3-5(8(12,13)14)6(4)9(15,16)17/h1,3,7H. The molecule has 0 nitrogen and oxygen atoms in total. The Hall–Kier alpha value is -0.620. The van der Waals surface area contributed by atoms with E-state index in [-0.39, 0.29) is 6.07 Å². The van der Waals surface area contributed by atoms with Crippen molar-refractivity contribution in [3.8, 4) is 0 Å². The molecule has 0 saturated heterocycles. The Morgan fingerprint density at radius 2 is 1.53 bits per heavy atom. The van der Waals surface area contributed by atoms with Gasteiger partial charge in [-0.2, -0.15) is 26.3 Å². The lowest BCUT2D eigenvalue weighted by molar-refractivity contribution is -0.162. The van der Waals surface area contributed by atoms with Gasteiger partial charge in [0.2, 0.25) is 0 Å². The quantitative estimate of drug-likeness (QED) is 0.505. The number of hydrogen-bond donors (Lipinski definition) is 0. The molecule has 8 heteroatoms. The summed E-state index contributed by atoms with van der Waals surface area (Å²) in [5.41, 5.74) is -4.66. The van der Waals surface area contributed by atoms with Crippen molar-refractivity contribution in [2.45, 2.75) is 17.2 Å². The highest BCUT2D eigenvalue weighted by atomic mass is 35.5. The minimum Gasteiger partial charge on any atom is -0.166 e. The molecule has 0 spiro atoms. The molecule has 1 radical (unpaired) electrons. The molecule has 1 rings (SSSR count). The van der Waals surface area contributed by atoms with Gasteiger partial charge in [0.15, 0.2) is 0 Å². The van der Waals surface area contributed by atoms with Crippen LogP contribution in [-0.2, 0) is 12.4 Å². The van der Waals surface area contributed by atoms with Crippen LogP contribution in [0.1, 0.15) is 21.5 Å². The molecular formula is C9H3Cl2F6. The molecule has 0 atom stereocenters. The van der Waals surface area contributed by atoms with Crippen molar-refractivity contribution in [3.63, 3.8) is 0 Å². The van der Waals surface area contributed by atoms with Crippen LogP contribution in [0.25, 0.3) is 0 Å². The first kappa shape index (κ1) is 14.4. The Morgan fingerprint density at radius 3 is 1.88 bits per heavy atom. The van der Waals surface area contributed by atoms with Gasteiger partial charge in [-0.15, -0.1) is 23.2 Å². The van der Waals surface area contributed by atoms with E-state index < -0.39 is 33.9 Å². The molecule has 1 aromatic rings. The molecule has 1 aromatic carbocycles. The molecule has 0 N–H and O–H groups in total. The summed E-state index contributed by atoms with van der Waals surface area (Å²) in [5.74, 6) is 0. The summed E-state index contributed by atoms with van der Waals surface area (Å²) in [6.45, 7) is 0. The maximum atomic E-state index is 12.6. The van der Waals surface area contributed by atoms with Crippen LogP contribution < -0.4 is 0 Å². The fourth-order valence-corrected chi connectivity index (χ4v) is 1.57. The molecule has 0 aliphatic rings. The van der Waals surface area contributed by atoms with E-state index in [2.05, 4.69) is 0 Å². The van der Waals surface area contributed by atoms with Gasteiger partial charge in [-0.3, -0.25) is 0 Å². The third-order valence-corrected chi connectivity index (χ3v) is 2.27. The third-order valence-electron chi connectivity index (χ3n) is 1.83. The Labute approximate surface area is 102 Å². The molecule has 0 heterocycles. The van der Waals surface area contributed by atoms with Crippen LogP contribution in [0, 0.1) is 6.07 Å². The molecule has 0 unspecified atom stereocenters. The van der Waals surface area contributed by atoms with E-state index in [1.807, 2.05) is 6.07 Å². The van der Waals surface area contributed by atoms with Crippen LogP contribution in [0.4, 0.5) is 26.3 Å². The smallest absolute Gasteiger partial charge is 0.166 e. The van der Waals surface area contributed by atoms with E-state index in [0.29, 0.717) is 6.07 Å². The Kier molecular flexibility index (Phi) is 3.88. The van der Waals surface area contributed by atoms with Gasteiger partial charge in [0.1, 0.15) is 4.84 Å². The normalized spacial score (nSPS) is 13.2. The van der Waals surface area contributed by atoms with Crippen LogP contribution in [0.5, 0.6) is 0 Å². The second-order valence-corrected chi connectivity index (χ2v) is 4.07. The van der Waals surface area contributed by atoms with E-state index in [0.717, 1.165) is 0 Å². The maximum absolute atomic E-state index is 12.6. The average Bonchev–Trinajstić information content (AvgIpc) is 2.13. The van der Waals surface area contributed by atoms with Gasteiger partial charge < -0.3 is 0 Å². The SMILES string of the molecule is FC(F)(F)c1cc[c]c(C(Cl)Cl)c1C(F)(F)F. The summed E-state index contributed by atoms with van der Waals surface area (Å²) >= 11 is 10.4. The van der Waals surface area contributed by atoms with E-state index in [4.69, 9.17) is 23.2 Å². The molecule has 0 bridgehead atoms. The number of benzene rings is 1. The van der Waals surface area contributed by atoms with Gasteiger partial charge in [-0.1, -0.05) is 6.07 Å². The fraction of sp³-hybridized carbons (Fsp3) is 0.333. The molecule has 17 heavy (non-hydrogen) atoms. The Morgan fingerprint density at radius 1 is 1.00 bits per heavy atom. The molecule has 0 fully saturated rings. The number of alkyl halides is 8. The minimum atomic E-state index is -5.21. The van der Waals surface area contributed by atoms with Crippen molar-refractivity contribution in [3.05, 3.63) is 34.9 Å². The average molecular weight is 296 g/mol. The van der Waals surface area contributed by atoms with E-state index >= 15 is 0 Å². The van der Waals surface area contributed by atoms with E-state index in [1.54, 1.807) is 0 Å². The highest BCUT2D eigenvalue weighted by Gasteiger charge is 2.45. The van der Waals surface area contributed by atoms with Crippen molar-refractivity contribution in [1.82, 2.24) is 0 Å². The molecule has 0 aliphatic carbocycles. The monoisotopic (exact) mass is 295 g/mol. The van der Waals surface area contributed by atoms with Crippen LogP contribution in [-0.4, -0.2) is 0 Å². The van der Waals surface area contributed by atoms with Gasteiger partial charge in [0, 0.05) is 5.56 Å². The molecular weight excluding hydrogens is 293 g/mol. The number of halogens is 8. The van der Waals surface area contributed by atoms with Gasteiger partial charge in [-0.05, 0) is 12.1 Å². The minimum absolute atomic E-state index is 0.280. The summed E-state index contributed by atoms with van der Waals surface area (Å²) in [6.07, 6.45) is -10.3. The van der Waals surface area contributed by atoms with Crippen molar-refractivity contribution >= 4 is 23.2 Å². The largest absolute Gasteiger partial charge is 0.417 e. The van der Waals surface area contributed by atoms with E-state index in [1.165, 1.54) is 0 Å². The second-order valence-electron chi connectivity index (χ2n) is 2.98. The first-order chi connectivity index (χ1) is 7.55. The fourth-order valence-electron chi connectivity index (χ4n) is 1.23. The summed E-state index contributed by atoms with van der Waals surface area (Å²) in [4.78, 5) is -1.74. The topological polar surface area (TPSA) is 0 Å². The van der Waals surface area contributed by atoms with E-state index in [9.17, 15) is 26.3 Å². The van der Waals surface area contributed by atoms with Crippen LogP contribution in [0.2, 0.25) is 0 Å². The predicted octanol–water partition coefficient (Wildman–Crippen LogP) is 5.00. The third kappa shape index (κ3) is 3.19. The van der Waals surface area contributed by atoms with Crippen molar-refractivity contribution in [1.29, 1.82) is 0 Å². The zero-order valence-electron chi connectivity index (χ0n) is 7.76. The van der Waals surface area contributed by atoms with Crippen LogP contribution in [0.15, 0.2) is 12.1 Å². The number of hydrogen-bond acceptors (Lipinski definition) is 0. The van der Waals surface area contributed by atoms with Gasteiger partial charge in [-0.25, -0.2) is 0 Å². The second kappa shape index (κ2) is 4.57. The maximum Gasteiger partial charge on any atom is 0.417 e. The Balaban J connectivity index is 3.58. The molecule has 0 aliphatic heterocycles. The molecule has 0 aromatic heterocycles.